The molecule has 2 N–H and O–H groups in total. The number of β-amino-alcohol motifs (C(OH)–C–C–N with tert-alkyl or cyclic N) is 1. The van der Waals surface area contributed by atoms with Crippen molar-refractivity contribution < 1.29 is 24.5 Å². The van der Waals surface area contributed by atoms with Crippen LogP contribution in [-0.4, -0.2) is 52.3 Å². The van der Waals surface area contributed by atoms with Crippen molar-refractivity contribution in [3.8, 4) is 5.75 Å². The number of hydrogen-bond acceptors (Lipinski definition) is 4. The minimum absolute atomic E-state index is 0.0589. The van der Waals surface area contributed by atoms with Crippen LogP contribution in [0.1, 0.15) is 22.3 Å². The molecule has 0 saturated carbocycles. The van der Waals surface area contributed by atoms with E-state index in [-0.39, 0.29) is 18.9 Å². The summed E-state index contributed by atoms with van der Waals surface area (Å²) in [4.78, 5) is 24.8. The molecule has 1 fully saturated rings. The Morgan fingerprint density at radius 3 is 2.90 bits per heavy atom. The first kappa shape index (κ1) is 12.9. The van der Waals surface area contributed by atoms with Crippen molar-refractivity contribution in [3.63, 3.8) is 0 Å². The molecule has 0 aromatic heterocycles. The summed E-state index contributed by atoms with van der Waals surface area (Å²) < 4.78 is 5.38. The monoisotopic (exact) mass is 277 g/mol. The van der Waals surface area contributed by atoms with Crippen LogP contribution in [0.4, 0.5) is 0 Å². The summed E-state index contributed by atoms with van der Waals surface area (Å²) in [5, 5.41) is 18.7. The molecule has 106 valence electrons. The molecule has 3 rings (SSSR count). The predicted molar refractivity (Wildman–Crippen MR) is 68.7 cm³/mol. The van der Waals surface area contributed by atoms with E-state index in [0.717, 1.165) is 17.7 Å². The number of carbonyl (C=O) groups is 2. The summed E-state index contributed by atoms with van der Waals surface area (Å²) >= 11 is 0. The van der Waals surface area contributed by atoms with Crippen molar-refractivity contribution in [3.05, 3.63) is 29.3 Å². The number of hydrogen-bond donors (Lipinski definition) is 2. The summed E-state index contributed by atoms with van der Waals surface area (Å²) in [5.74, 6) is -0.666. The number of aliphatic hydroxyl groups is 1. The Morgan fingerprint density at radius 2 is 2.15 bits per heavy atom. The Kier molecular flexibility index (Phi) is 3.10. The largest absolute Gasteiger partial charge is 0.493 e. The maximum absolute atomic E-state index is 12.4. The first-order valence-electron chi connectivity index (χ1n) is 6.54. The van der Waals surface area contributed by atoms with Gasteiger partial charge in [0.25, 0.3) is 5.91 Å². The van der Waals surface area contributed by atoms with Crippen LogP contribution in [0.5, 0.6) is 5.75 Å². The highest BCUT2D eigenvalue weighted by Crippen LogP contribution is 2.28. The molecule has 1 saturated heterocycles. The van der Waals surface area contributed by atoms with Crippen LogP contribution in [0, 0.1) is 0 Å². The maximum Gasteiger partial charge on any atom is 0.326 e. The molecular formula is C14H15NO5. The SMILES string of the molecule is O=C(O)[C@H]1C[C@@H](O)CN1C(=O)c1ccc2c(c1)CCO2. The van der Waals surface area contributed by atoms with Gasteiger partial charge in [0.05, 0.1) is 12.7 Å². The summed E-state index contributed by atoms with van der Waals surface area (Å²) in [5.41, 5.74) is 1.40. The van der Waals surface area contributed by atoms with E-state index < -0.39 is 18.1 Å². The fourth-order valence-corrected chi connectivity index (χ4v) is 2.76. The summed E-state index contributed by atoms with van der Waals surface area (Å²) in [6, 6.07) is 4.16. The van der Waals surface area contributed by atoms with E-state index in [1.807, 2.05) is 0 Å². The quantitative estimate of drug-likeness (QED) is 0.811. The Hall–Kier alpha value is -2.08. The molecule has 0 spiro atoms. The molecule has 0 radical (unpaired) electrons. The Balaban J connectivity index is 1.86. The van der Waals surface area contributed by atoms with Gasteiger partial charge in [-0.05, 0) is 23.8 Å². The Labute approximate surface area is 115 Å². The van der Waals surface area contributed by atoms with E-state index in [2.05, 4.69) is 0 Å². The van der Waals surface area contributed by atoms with Gasteiger partial charge in [0.2, 0.25) is 0 Å². The number of nitrogens with zero attached hydrogens (tertiary/aromatic N) is 1. The fraction of sp³-hybridized carbons (Fsp3) is 0.429. The minimum atomic E-state index is -1.08. The third kappa shape index (κ3) is 2.12. The normalized spacial score (nSPS) is 24.4. The van der Waals surface area contributed by atoms with E-state index in [1.165, 1.54) is 4.90 Å². The topological polar surface area (TPSA) is 87.1 Å². The van der Waals surface area contributed by atoms with Crippen LogP contribution in [0.15, 0.2) is 18.2 Å². The average Bonchev–Trinajstić information content (AvgIpc) is 3.02. The Morgan fingerprint density at radius 1 is 1.35 bits per heavy atom. The van der Waals surface area contributed by atoms with Gasteiger partial charge in [0.1, 0.15) is 11.8 Å². The van der Waals surface area contributed by atoms with Crippen molar-refractivity contribution >= 4 is 11.9 Å². The minimum Gasteiger partial charge on any atom is -0.493 e. The van der Waals surface area contributed by atoms with Crippen LogP contribution in [-0.2, 0) is 11.2 Å². The van der Waals surface area contributed by atoms with Crippen molar-refractivity contribution in [2.24, 2.45) is 0 Å². The van der Waals surface area contributed by atoms with Crippen LogP contribution >= 0.6 is 0 Å². The smallest absolute Gasteiger partial charge is 0.326 e. The zero-order valence-electron chi connectivity index (χ0n) is 10.8. The van der Waals surface area contributed by atoms with Crippen LogP contribution in [0.3, 0.4) is 0 Å². The van der Waals surface area contributed by atoms with Crippen molar-refractivity contribution in [2.75, 3.05) is 13.2 Å². The number of aliphatic hydroxyl groups excluding tert-OH is 1. The van der Waals surface area contributed by atoms with Crippen molar-refractivity contribution in [1.29, 1.82) is 0 Å². The molecule has 0 aliphatic carbocycles. The van der Waals surface area contributed by atoms with Gasteiger partial charge in [-0.2, -0.15) is 0 Å². The molecule has 2 aliphatic heterocycles. The first-order valence-corrected chi connectivity index (χ1v) is 6.54. The van der Waals surface area contributed by atoms with Crippen LogP contribution < -0.4 is 4.74 Å². The van der Waals surface area contributed by atoms with E-state index in [4.69, 9.17) is 9.84 Å². The zero-order valence-corrected chi connectivity index (χ0v) is 10.8. The third-order valence-electron chi connectivity index (χ3n) is 3.76. The lowest BCUT2D eigenvalue weighted by atomic mass is 10.1. The molecule has 1 amide bonds. The number of aliphatic carboxylic acids is 1. The fourth-order valence-electron chi connectivity index (χ4n) is 2.76. The number of likely N-dealkylation sites (tertiary alicyclic amines) is 1. The number of benzene rings is 1. The maximum atomic E-state index is 12.4. The number of rotatable bonds is 2. The lowest BCUT2D eigenvalue weighted by Gasteiger charge is -2.21. The van der Waals surface area contributed by atoms with Crippen LogP contribution in [0.25, 0.3) is 0 Å². The number of ether oxygens (including phenoxy) is 1. The van der Waals surface area contributed by atoms with Gasteiger partial charge in [-0.3, -0.25) is 4.79 Å². The molecule has 6 nitrogen and oxygen atoms in total. The van der Waals surface area contributed by atoms with E-state index in [1.54, 1.807) is 18.2 Å². The standard InChI is InChI=1S/C14H15NO5/c16-10-6-11(14(18)19)15(7-10)13(17)9-1-2-12-8(5-9)3-4-20-12/h1-2,5,10-11,16H,3-4,6-7H2,(H,18,19)/t10-,11-/m1/s1. The molecular weight excluding hydrogens is 262 g/mol. The molecule has 6 heteroatoms. The molecule has 2 aliphatic rings. The number of amides is 1. The van der Waals surface area contributed by atoms with Gasteiger partial charge in [0, 0.05) is 24.9 Å². The highest BCUT2D eigenvalue weighted by Gasteiger charge is 2.39. The van der Waals surface area contributed by atoms with E-state index in [0.29, 0.717) is 12.2 Å². The van der Waals surface area contributed by atoms with Gasteiger partial charge in [-0.25, -0.2) is 4.79 Å². The molecule has 1 aromatic rings. The second-order valence-electron chi connectivity index (χ2n) is 5.12. The van der Waals surface area contributed by atoms with Crippen molar-refractivity contribution in [1.82, 2.24) is 4.90 Å². The molecule has 0 unspecified atom stereocenters. The molecule has 2 heterocycles. The van der Waals surface area contributed by atoms with Gasteiger partial charge >= 0.3 is 5.97 Å². The van der Waals surface area contributed by atoms with Gasteiger partial charge in [-0.1, -0.05) is 0 Å². The van der Waals surface area contributed by atoms with Crippen LogP contribution in [0.2, 0.25) is 0 Å². The molecule has 1 aromatic carbocycles. The van der Waals surface area contributed by atoms with Gasteiger partial charge < -0.3 is 19.8 Å². The number of carbonyl (C=O) groups excluding carboxylic acids is 1. The van der Waals surface area contributed by atoms with Crippen molar-refractivity contribution in [2.45, 2.75) is 25.0 Å². The molecule has 20 heavy (non-hydrogen) atoms. The highest BCUT2D eigenvalue weighted by atomic mass is 16.5. The number of carboxylic acid groups (broad SMARTS) is 1. The van der Waals surface area contributed by atoms with Gasteiger partial charge in [0.15, 0.2) is 0 Å². The zero-order chi connectivity index (χ0) is 14.3. The lowest BCUT2D eigenvalue weighted by Crippen LogP contribution is -2.40. The molecule has 2 atom stereocenters. The van der Waals surface area contributed by atoms with Gasteiger partial charge in [-0.15, -0.1) is 0 Å². The lowest BCUT2D eigenvalue weighted by molar-refractivity contribution is -0.141. The summed E-state index contributed by atoms with van der Waals surface area (Å²) in [7, 11) is 0. The highest BCUT2D eigenvalue weighted by molar-refractivity contribution is 5.97. The number of fused-ring (bicyclic) bond motifs is 1. The van der Waals surface area contributed by atoms with E-state index >= 15 is 0 Å². The third-order valence-corrected chi connectivity index (χ3v) is 3.76. The summed E-state index contributed by atoms with van der Waals surface area (Å²) in [6.45, 7) is 0.663. The summed E-state index contributed by atoms with van der Waals surface area (Å²) in [6.07, 6.45) is 0.0501. The second kappa shape index (κ2) is 4.79. The Bertz CT molecular complexity index is 571. The van der Waals surface area contributed by atoms with E-state index in [9.17, 15) is 14.7 Å². The first-order chi connectivity index (χ1) is 9.56. The molecule has 0 bridgehead atoms. The second-order valence-corrected chi connectivity index (χ2v) is 5.12. The predicted octanol–water partition coefficient (Wildman–Crippen LogP) is 0.281. The average molecular weight is 277 g/mol. The number of carboxylic acids is 1.